The summed E-state index contributed by atoms with van der Waals surface area (Å²) >= 11 is 0. The molecule has 0 bridgehead atoms. The van der Waals surface area contributed by atoms with Crippen molar-refractivity contribution in [2.24, 2.45) is 0 Å². The SMILES string of the molecule is [B]=BCB=O. The molecule has 0 saturated carbocycles. The van der Waals surface area contributed by atoms with E-state index in [9.17, 15) is 4.70 Å². The van der Waals surface area contributed by atoms with Gasteiger partial charge in [0.2, 0.25) is 0 Å². The van der Waals surface area contributed by atoms with Gasteiger partial charge in [0, 0.05) is 0 Å². The van der Waals surface area contributed by atoms with Gasteiger partial charge in [-0.05, 0) is 0 Å². The molecule has 0 heterocycles. The summed E-state index contributed by atoms with van der Waals surface area (Å²) in [5, 5.41) is 0. The molecular formula is CH2B3O. The third kappa shape index (κ3) is 3.99. The Bertz CT molecular complexity index is 36.2. The van der Waals surface area contributed by atoms with E-state index >= 15 is 0 Å². The van der Waals surface area contributed by atoms with E-state index in [1.54, 1.807) is 0 Å². The van der Waals surface area contributed by atoms with Crippen molar-refractivity contribution in [3.8, 4) is 0 Å². The van der Waals surface area contributed by atoms with Crippen LogP contribution in [0.3, 0.4) is 0 Å². The molecular weight excluding hydrogens is 60.4 g/mol. The summed E-state index contributed by atoms with van der Waals surface area (Å²) in [6, 6.07) is 0. The van der Waals surface area contributed by atoms with Gasteiger partial charge in [0.05, 0.1) is 0 Å². The Morgan fingerprint density at radius 1 is 1.80 bits per heavy atom. The fraction of sp³-hybridized carbons (Fsp3) is 1.00. The second-order valence-corrected chi connectivity index (χ2v) is 0.638. The average Bonchev–Trinajstić information content (AvgIpc) is 1.41. The van der Waals surface area contributed by atoms with Gasteiger partial charge in [-0.25, -0.2) is 0 Å². The van der Waals surface area contributed by atoms with Crippen molar-refractivity contribution in [2.45, 2.75) is 6.22 Å². The Labute approximate surface area is 33.3 Å². The van der Waals surface area contributed by atoms with Crippen molar-refractivity contribution in [1.29, 1.82) is 0 Å². The Morgan fingerprint density at radius 3 is 2.40 bits per heavy atom. The normalized spacial score (nSPS) is 4.60. The van der Waals surface area contributed by atoms with Crippen molar-refractivity contribution < 1.29 is 4.70 Å². The van der Waals surface area contributed by atoms with Crippen LogP contribution in [-0.2, 0) is 4.70 Å². The minimum atomic E-state index is 0.361. The molecule has 0 N–H and O–H groups in total. The topological polar surface area (TPSA) is 17.1 Å². The van der Waals surface area contributed by atoms with Crippen LogP contribution in [0.25, 0.3) is 0 Å². The zero-order chi connectivity index (χ0) is 4.12. The zero-order valence-corrected chi connectivity index (χ0v) is 2.85. The fourth-order valence-corrected chi connectivity index (χ4v) is 0.0556. The first kappa shape index (κ1) is 4.99. The average molecular weight is 62.5 g/mol. The molecule has 21 valence electrons. The molecule has 0 aromatic heterocycles. The second kappa shape index (κ2) is 3.99. The van der Waals surface area contributed by atoms with Crippen molar-refractivity contribution in [3.63, 3.8) is 0 Å². The monoisotopic (exact) mass is 63.0 g/mol. The van der Waals surface area contributed by atoms with Gasteiger partial charge in [-0.15, -0.1) is 0 Å². The second-order valence-electron chi connectivity index (χ2n) is 0.638. The molecule has 0 unspecified atom stereocenters. The maximum absolute atomic E-state index is 9.29. The van der Waals surface area contributed by atoms with E-state index in [0.717, 1.165) is 7.15 Å². The third-order valence-corrected chi connectivity index (χ3v) is 0.232. The number of hydrogen-bond acceptors (Lipinski definition) is 1. The molecule has 0 aliphatic rings. The van der Waals surface area contributed by atoms with E-state index < -0.39 is 0 Å². The molecule has 0 aromatic carbocycles. The van der Waals surface area contributed by atoms with Gasteiger partial charge in [-0.1, -0.05) is 0 Å². The van der Waals surface area contributed by atoms with E-state index in [1.165, 1.54) is 6.80 Å². The van der Waals surface area contributed by atoms with E-state index in [-0.39, 0.29) is 0 Å². The van der Waals surface area contributed by atoms with Crippen LogP contribution in [0.2, 0.25) is 6.22 Å². The molecule has 1 nitrogen and oxygen atoms in total. The van der Waals surface area contributed by atoms with Gasteiger partial charge in [0.25, 0.3) is 0 Å². The maximum atomic E-state index is 9.29. The first-order valence-electron chi connectivity index (χ1n) is 1.39. The van der Waals surface area contributed by atoms with Gasteiger partial charge in [-0.2, -0.15) is 0 Å². The molecule has 0 aliphatic heterocycles. The van der Waals surface area contributed by atoms with Crippen LogP contribution in [0.5, 0.6) is 0 Å². The summed E-state index contributed by atoms with van der Waals surface area (Å²) in [6.45, 7) is 1.31. The zero-order valence-electron chi connectivity index (χ0n) is 2.85. The molecule has 0 amide bonds. The molecule has 0 aliphatic carbocycles. The molecule has 0 atom stereocenters. The predicted molar refractivity (Wildman–Crippen MR) is 22.8 cm³/mol. The van der Waals surface area contributed by atoms with E-state index in [4.69, 9.17) is 7.37 Å². The Hall–Kier alpha value is -0.00519. The van der Waals surface area contributed by atoms with E-state index in [0.29, 0.717) is 6.22 Å². The molecule has 5 heavy (non-hydrogen) atoms. The van der Waals surface area contributed by atoms with Crippen molar-refractivity contribution in [2.75, 3.05) is 0 Å². The summed E-state index contributed by atoms with van der Waals surface area (Å²) < 4.78 is 9.29. The summed E-state index contributed by atoms with van der Waals surface area (Å²) in [5.41, 5.74) is 0. The quantitative estimate of drug-likeness (QED) is 0.383. The van der Waals surface area contributed by atoms with E-state index in [2.05, 4.69) is 0 Å². The Morgan fingerprint density at radius 2 is 2.40 bits per heavy atom. The summed E-state index contributed by atoms with van der Waals surface area (Å²) in [6.07, 6.45) is 0.361. The fourth-order valence-electron chi connectivity index (χ4n) is 0.0556. The van der Waals surface area contributed by atoms with Gasteiger partial charge < -0.3 is 0 Å². The Balaban J connectivity index is 2.65. The predicted octanol–water partition coefficient (Wildman–Crippen LogP) is -0.800. The molecule has 0 rings (SSSR count). The van der Waals surface area contributed by atoms with Crippen LogP contribution in [-0.4, -0.2) is 21.3 Å². The standard InChI is InChI=1S/CH2B3O/c2-3-1-4-5/h1H2. The number of hydrogen-bond donors (Lipinski definition) is 0. The van der Waals surface area contributed by atoms with Gasteiger partial charge in [0.1, 0.15) is 0 Å². The Kier molecular flexibility index (Phi) is 3.99. The third-order valence-electron chi connectivity index (χ3n) is 0.232. The van der Waals surface area contributed by atoms with Gasteiger partial charge in [-0.3, -0.25) is 0 Å². The van der Waals surface area contributed by atoms with Crippen molar-refractivity contribution >= 4 is 21.3 Å². The molecule has 0 aromatic rings. The van der Waals surface area contributed by atoms with Crippen LogP contribution < -0.4 is 0 Å². The van der Waals surface area contributed by atoms with Gasteiger partial charge >= 0.3 is 32.2 Å². The first-order chi connectivity index (χ1) is 2.41. The van der Waals surface area contributed by atoms with Crippen LogP contribution in [0.4, 0.5) is 0 Å². The van der Waals surface area contributed by atoms with Gasteiger partial charge in [0.15, 0.2) is 0 Å². The van der Waals surface area contributed by atoms with Crippen molar-refractivity contribution in [1.82, 2.24) is 0 Å². The minimum absolute atomic E-state index is 0.361. The summed E-state index contributed by atoms with van der Waals surface area (Å²) in [7, 11) is 5.53. The van der Waals surface area contributed by atoms with Crippen LogP contribution in [0.1, 0.15) is 0 Å². The van der Waals surface area contributed by atoms with E-state index in [1.807, 2.05) is 0 Å². The van der Waals surface area contributed by atoms with Crippen LogP contribution in [0.15, 0.2) is 0 Å². The summed E-state index contributed by atoms with van der Waals surface area (Å²) in [5.74, 6) is 0. The van der Waals surface area contributed by atoms with Crippen LogP contribution >= 0.6 is 0 Å². The molecule has 0 fully saturated rings. The summed E-state index contributed by atoms with van der Waals surface area (Å²) in [4.78, 5) is 0. The first-order valence-corrected chi connectivity index (χ1v) is 1.39. The molecule has 0 spiro atoms. The van der Waals surface area contributed by atoms with Crippen LogP contribution in [0, 0.1) is 0 Å². The van der Waals surface area contributed by atoms with Crippen molar-refractivity contribution in [3.05, 3.63) is 0 Å². The molecule has 1 radical (unpaired) electrons. The number of rotatable bonds is 2. The molecule has 4 heteroatoms. The molecule has 0 saturated heterocycles.